The second-order valence-electron chi connectivity index (χ2n) is 6.11. The molecule has 2 heteroatoms. The quantitative estimate of drug-likeness (QED) is 0.849. The summed E-state index contributed by atoms with van der Waals surface area (Å²) in [5, 5.41) is 9.83. The molecule has 1 saturated heterocycles. The number of hydrogen-bond acceptors (Lipinski definition) is 2. The number of benzene rings is 1. The molecular formula is C18H23NO. The molecule has 0 radical (unpaired) electrons. The van der Waals surface area contributed by atoms with Crippen LogP contribution in [0.2, 0.25) is 0 Å². The third-order valence-electron chi connectivity index (χ3n) is 5.01. The molecule has 1 unspecified atom stereocenters. The fourth-order valence-electron chi connectivity index (χ4n) is 3.92. The van der Waals surface area contributed by atoms with Crippen LogP contribution in [-0.2, 0) is 5.41 Å². The van der Waals surface area contributed by atoms with Crippen LogP contribution in [0.1, 0.15) is 24.8 Å². The van der Waals surface area contributed by atoms with Gasteiger partial charge in [0.15, 0.2) is 0 Å². The smallest absolute Gasteiger partial charge is 0.115 e. The first-order valence-corrected chi connectivity index (χ1v) is 7.52. The van der Waals surface area contributed by atoms with E-state index in [1.54, 1.807) is 6.07 Å². The Morgan fingerprint density at radius 3 is 3.10 bits per heavy atom. The number of allylic oxidation sites excluding steroid dienone is 2. The summed E-state index contributed by atoms with van der Waals surface area (Å²) in [7, 11) is 0. The van der Waals surface area contributed by atoms with Gasteiger partial charge in [-0.15, -0.1) is 6.58 Å². The van der Waals surface area contributed by atoms with Crippen LogP contribution in [0.3, 0.4) is 0 Å². The number of rotatable bonds is 3. The molecule has 1 heterocycles. The molecule has 1 aliphatic heterocycles. The fraction of sp³-hybridized carbons (Fsp3) is 0.444. The van der Waals surface area contributed by atoms with Crippen LogP contribution in [0, 0.1) is 5.92 Å². The second-order valence-corrected chi connectivity index (χ2v) is 6.11. The van der Waals surface area contributed by atoms with Gasteiger partial charge in [0.1, 0.15) is 5.75 Å². The second kappa shape index (κ2) is 5.45. The largest absolute Gasteiger partial charge is 0.508 e. The van der Waals surface area contributed by atoms with Crippen molar-refractivity contribution in [3.8, 4) is 5.75 Å². The van der Waals surface area contributed by atoms with Crippen molar-refractivity contribution in [1.29, 1.82) is 0 Å². The van der Waals surface area contributed by atoms with Crippen molar-refractivity contribution >= 4 is 0 Å². The van der Waals surface area contributed by atoms with Gasteiger partial charge in [0.2, 0.25) is 0 Å². The van der Waals surface area contributed by atoms with Gasteiger partial charge in [0.25, 0.3) is 0 Å². The van der Waals surface area contributed by atoms with Crippen LogP contribution >= 0.6 is 0 Å². The van der Waals surface area contributed by atoms with Crippen molar-refractivity contribution in [2.45, 2.75) is 24.7 Å². The Labute approximate surface area is 121 Å². The molecule has 0 aromatic heterocycles. The van der Waals surface area contributed by atoms with E-state index in [-0.39, 0.29) is 5.41 Å². The molecule has 0 bridgehead atoms. The first-order chi connectivity index (χ1) is 9.74. The Morgan fingerprint density at radius 1 is 1.40 bits per heavy atom. The van der Waals surface area contributed by atoms with Crippen LogP contribution in [-0.4, -0.2) is 29.6 Å². The minimum atomic E-state index is 0.213. The summed E-state index contributed by atoms with van der Waals surface area (Å²) in [6.45, 7) is 7.09. The number of phenols is 1. The van der Waals surface area contributed by atoms with Crippen LogP contribution in [0.25, 0.3) is 0 Å². The Bertz CT molecular complexity index is 522. The van der Waals surface area contributed by atoms with Gasteiger partial charge < -0.3 is 5.11 Å². The predicted octanol–water partition coefficient (Wildman–Crippen LogP) is 3.49. The average molecular weight is 269 g/mol. The van der Waals surface area contributed by atoms with Gasteiger partial charge in [-0.3, -0.25) is 4.90 Å². The minimum absolute atomic E-state index is 0.213. The monoisotopic (exact) mass is 269 g/mol. The maximum atomic E-state index is 9.83. The molecule has 1 aromatic carbocycles. The highest BCUT2D eigenvalue weighted by atomic mass is 16.3. The molecule has 1 N–H and O–H groups in total. The van der Waals surface area contributed by atoms with Gasteiger partial charge in [0.05, 0.1) is 0 Å². The number of aromatic hydroxyl groups is 1. The van der Waals surface area contributed by atoms with Gasteiger partial charge >= 0.3 is 0 Å². The van der Waals surface area contributed by atoms with E-state index in [0.717, 1.165) is 32.5 Å². The van der Waals surface area contributed by atoms with Crippen molar-refractivity contribution in [2.75, 3.05) is 19.6 Å². The summed E-state index contributed by atoms with van der Waals surface area (Å²) in [6, 6.07) is 7.90. The summed E-state index contributed by atoms with van der Waals surface area (Å²) in [5.41, 5.74) is 1.52. The van der Waals surface area contributed by atoms with E-state index < -0.39 is 0 Å². The van der Waals surface area contributed by atoms with Crippen molar-refractivity contribution in [3.63, 3.8) is 0 Å². The average Bonchev–Trinajstić information content (AvgIpc) is 2.47. The van der Waals surface area contributed by atoms with E-state index in [1.807, 2.05) is 18.2 Å². The molecule has 1 aliphatic carbocycles. The molecule has 0 spiro atoms. The highest BCUT2D eigenvalue weighted by Crippen LogP contribution is 2.47. The molecule has 106 valence electrons. The lowest BCUT2D eigenvalue weighted by molar-refractivity contribution is 0.0957. The topological polar surface area (TPSA) is 23.5 Å². The van der Waals surface area contributed by atoms with E-state index in [0.29, 0.717) is 11.7 Å². The van der Waals surface area contributed by atoms with Gasteiger partial charge in [-0.05, 0) is 49.4 Å². The number of hydrogen-bond donors (Lipinski definition) is 1. The molecule has 2 atom stereocenters. The zero-order chi connectivity index (χ0) is 14.0. The lowest BCUT2D eigenvalue weighted by atomic mass is 9.61. The maximum Gasteiger partial charge on any atom is 0.115 e. The minimum Gasteiger partial charge on any atom is -0.508 e. The molecule has 3 rings (SSSR count). The summed E-state index contributed by atoms with van der Waals surface area (Å²) < 4.78 is 0. The maximum absolute atomic E-state index is 9.83. The van der Waals surface area contributed by atoms with Crippen LogP contribution in [0.15, 0.2) is 49.1 Å². The lowest BCUT2D eigenvalue weighted by Crippen LogP contribution is -2.50. The van der Waals surface area contributed by atoms with Crippen molar-refractivity contribution in [1.82, 2.24) is 4.90 Å². The van der Waals surface area contributed by atoms with Crippen LogP contribution in [0.4, 0.5) is 0 Å². The van der Waals surface area contributed by atoms with Crippen molar-refractivity contribution < 1.29 is 5.11 Å². The molecule has 1 fully saturated rings. The number of fused-ring (bicyclic) bond motifs is 1. The Kier molecular flexibility index (Phi) is 3.66. The first kappa shape index (κ1) is 13.4. The van der Waals surface area contributed by atoms with E-state index >= 15 is 0 Å². The third-order valence-corrected chi connectivity index (χ3v) is 5.01. The number of piperidine rings is 1. The molecule has 20 heavy (non-hydrogen) atoms. The SMILES string of the molecule is C=CCN1CCC2(c3cccc(O)c3)CC=CC[C@H]2C1. The molecule has 0 saturated carbocycles. The van der Waals surface area contributed by atoms with E-state index in [1.165, 1.54) is 12.0 Å². The fourth-order valence-corrected chi connectivity index (χ4v) is 3.92. The Balaban J connectivity index is 1.93. The van der Waals surface area contributed by atoms with E-state index in [9.17, 15) is 5.11 Å². The molecule has 0 amide bonds. The molecular weight excluding hydrogens is 246 g/mol. The Hall–Kier alpha value is -1.54. The summed E-state index contributed by atoms with van der Waals surface area (Å²) in [5.74, 6) is 1.03. The third kappa shape index (κ3) is 2.29. The summed E-state index contributed by atoms with van der Waals surface area (Å²) >= 11 is 0. The zero-order valence-corrected chi connectivity index (χ0v) is 12.0. The van der Waals surface area contributed by atoms with E-state index in [2.05, 4.69) is 29.7 Å². The predicted molar refractivity (Wildman–Crippen MR) is 82.9 cm³/mol. The standard InChI is InChI=1S/C18H23NO/c1-2-11-19-12-10-18(9-4-3-6-16(18)14-19)15-7-5-8-17(20)13-15/h2-5,7-8,13,16,20H,1,6,9-12,14H2/t16-,18?/m0/s1. The normalized spacial score (nSPS) is 29.9. The molecule has 2 nitrogen and oxygen atoms in total. The summed E-state index contributed by atoms with van der Waals surface area (Å²) in [6.07, 6.45) is 10.1. The first-order valence-electron chi connectivity index (χ1n) is 7.52. The summed E-state index contributed by atoms with van der Waals surface area (Å²) in [4.78, 5) is 2.50. The van der Waals surface area contributed by atoms with Crippen molar-refractivity contribution in [2.24, 2.45) is 5.92 Å². The molecule has 1 aromatic rings. The molecule has 2 aliphatic rings. The number of phenolic OH excluding ortho intramolecular Hbond substituents is 1. The highest BCUT2D eigenvalue weighted by molar-refractivity contribution is 5.36. The number of likely N-dealkylation sites (tertiary alicyclic amines) is 1. The van der Waals surface area contributed by atoms with Gasteiger partial charge in [-0.2, -0.15) is 0 Å². The zero-order valence-electron chi connectivity index (χ0n) is 12.0. The van der Waals surface area contributed by atoms with Crippen LogP contribution < -0.4 is 0 Å². The van der Waals surface area contributed by atoms with Gasteiger partial charge in [-0.1, -0.05) is 30.4 Å². The van der Waals surface area contributed by atoms with Crippen molar-refractivity contribution in [3.05, 3.63) is 54.6 Å². The highest BCUT2D eigenvalue weighted by Gasteiger charge is 2.43. The van der Waals surface area contributed by atoms with E-state index in [4.69, 9.17) is 0 Å². The van der Waals surface area contributed by atoms with Gasteiger partial charge in [0, 0.05) is 18.5 Å². The lowest BCUT2D eigenvalue weighted by Gasteiger charge is -2.49. The Morgan fingerprint density at radius 2 is 2.30 bits per heavy atom. The van der Waals surface area contributed by atoms with Gasteiger partial charge in [-0.25, -0.2) is 0 Å². The van der Waals surface area contributed by atoms with Crippen LogP contribution in [0.5, 0.6) is 5.75 Å². The number of nitrogens with zero attached hydrogens (tertiary/aromatic N) is 1.